The lowest BCUT2D eigenvalue weighted by Crippen LogP contribution is -2.31. The molecule has 0 unspecified atom stereocenters. The lowest BCUT2D eigenvalue weighted by Gasteiger charge is -2.25. The Kier molecular flexibility index (Phi) is 4.65. The summed E-state index contributed by atoms with van der Waals surface area (Å²) in [6.07, 6.45) is 3.49. The molecule has 0 aliphatic rings. The van der Waals surface area contributed by atoms with Gasteiger partial charge in [-0.1, -0.05) is 23.7 Å². The van der Waals surface area contributed by atoms with Crippen molar-refractivity contribution in [2.75, 3.05) is 7.05 Å². The average molecular weight is 407 g/mol. The highest BCUT2D eigenvalue weighted by Crippen LogP contribution is 2.28. The monoisotopic (exact) mass is 405 g/mol. The van der Waals surface area contributed by atoms with Gasteiger partial charge in [-0.05, 0) is 46.6 Å². The number of fused-ring (bicyclic) bond motifs is 1. The third kappa shape index (κ3) is 2.94. The highest BCUT2D eigenvalue weighted by molar-refractivity contribution is 9.10. The van der Waals surface area contributed by atoms with Gasteiger partial charge in [-0.25, -0.2) is 0 Å². The zero-order valence-corrected chi connectivity index (χ0v) is 16.0. The molecule has 3 rings (SSSR count). The molecule has 0 N–H and O–H groups in total. The Hall–Kier alpha value is -1.85. The number of hydrogen-bond acceptors (Lipinski definition) is 2. The predicted molar refractivity (Wildman–Crippen MR) is 100 cm³/mol. The predicted octanol–water partition coefficient (Wildman–Crippen LogP) is 4.82. The smallest absolute Gasteiger partial charge is 0.270 e. The summed E-state index contributed by atoms with van der Waals surface area (Å²) in [5.41, 5.74) is 2.53. The Morgan fingerprint density at radius 1 is 1.33 bits per heavy atom. The number of aromatic nitrogens is 2. The molecule has 0 bridgehead atoms. The maximum Gasteiger partial charge on any atom is 0.270 e. The molecule has 1 atom stereocenters. The van der Waals surface area contributed by atoms with E-state index < -0.39 is 0 Å². The number of carbonyl (C=O) groups excluding carboxylic acids is 1. The first-order chi connectivity index (χ1) is 11.4. The van der Waals surface area contributed by atoms with Crippen LogP contribution in [0, 0.1) is 0 Å². The molecular weight excluding hydrogens is 390 g/mol. The van der Waals surface area contributed by atoms with E-state index in [0.29, 0.717) is 10.7 Å². The Balaban J connectivity index is 1.96. The lowest BCUT2D eigenvalue weighted by molar-refractivity contribution is 0.0733. The minimum Gasteiger partial charge on any atom is -0.338 e. The average Bonchev–Trinajstić information content (AvgIpc) is 2.91. The second-order valence-electron chi connectivity index (χ2n) is 5.79. The molecule has 6 heteroatoms. The van der Waals surface area contributed by atoms with Crippen LogP contribution in [0.1, 0.15) is 29.0 Å². The molecule has 0 fully saturated rings. The molecule has 1 aromatic carbocycles. The van der Waals surface area contributed by atoms with Gasteiger partial charge in [0.2, 0.25) is 0 Å². The highest BCUT2D eigenvalue weighted by Gasteiger charge is 2.23. The van der Waals surface area contributed by atoms with Crippen molar-refractivity contribution < 1.29 is 4.79 Å². The number of pyridine rings is 1. The van der Waals surface area contributed by atoms with Gasteiger partial charge in [0.15, 0.2) is 0 Å². The van der Waals surface area contributed by atoms with Crippen molar-refractivity contribution in [1.82, 2.24) is 14.5 Å². The van der Waals surface area contributed by atoms with Gasteiger partial charge in [0.05, 0.1) is 17.8 Å². The molecule has 124 valence electrons. The second kappa shape index (κ2) is 6.57. The first-order valence-electron chi connectivity index (χ1n) is 7.51. The molecule has 3 aromatic rings. The lowest BCUT2D eigenvalue weighted by atomic mass is 10.1. The first-order valence-corrected chi connectivity index (χ1v) is 8.68. The quantitative estimate of drug-likeness (QED) is 0.625. The van der Waals surface area contributed by atoms with E-state index in [1.165, 1.54) is 0 Å². The maximum absolute atomic E-state index is 13.0. The van der Waals surface area contributed by atoms with Crippen LogP contribution in [-0.2, 0) is 7.05 Å². The van der Waals surface area contributed by atoms with Crippen molar-refractivity contribution in [3.05, 3.63) is 63.5 Å². The summed E-state index contributed by atoms with van der Waals surface area (Å²) in [6.45, 7) is 1.99. The van der Waals surface area contributed by atoms with Gasteiger partial charge >= 0.3 is 0 Å². The molecule has 2 heterocycles. The molecular formula is C18H17BrClN3O. The minimum atomic E-state index is -0.0872. The van der Waals surface area contributed by atoms with Crippen LogP contribution < -0.4 is 0 Å². The topological polar surface area (TPSA) is 38.1 Å². The largest absolute Gasteiger partial charge is 0.338 e. The van der Waals surface area contributed by atoms with Crippen LogP contribution in [-0.4, -0.2) is 27.4 Å². The van der Waals surface area contributed by atoms with Gasteiger partial charge < -0.3 is 9.47 Å². The first kappa shape index (κ1) is 17.0. The van der Waals surface area contributed by atoms with E-state index in [1.54, 1.807) is 24.3 Å². The molecule has 0 spiro atoms. The fourth-order valence-electron chi connectivity index (χ4n) is 2.76. The zero-order chi connectivity index (χ0) is 17.4. The van der Waals surface area contributed by atoms with E-state index in [0.717, 1.165) is 20.9 Å². The molecule has 0 aliphatic carbocycles. The highest BCUT2D eigenvalue weighted by atomic mass is 79.9. The van der Waals surface area contributed by atoms with Gasteiger partial charge in [-0.3, -0.25) is 9.78 Å². The van der Waals surface area contributed by atoms with E-state index in [4.69, 9.17) is 11.6 Å². The van der Waals surface area contributed by atoms with E-state index >= 15 is 0 Å². The molecule has 1 amide bonds. The molecule has 0 saturated carbocycles. The van der Waals surface area contributed by atoms with Gasteiger partial charge in [0, 0.05) is 35.2 Å². The van der Waals surface area contributed by atoms with Gasteiger partial charge in [-0.15, -0.1) is 0 Å². The minimum absolute atomic E-state index is 0.0481. The summed E-state index contributed by atoms with van der Waals surface area (Å²) in [5.74, 6) is -0.0481. The number of rotatable bonds is 3. The van der Waals surface area contributed by atoms with Crippen molar-refractivity contribution in [1.29, 1.82) is 0 Å². The van der Waals surface area contributed by atoms with E-state index in [-0.39, 0.29) is 11.9 Å². The fourth-order valence-corrected chi connectivity index (χ4v) is 3.39. The van der Waals surface area contributed by atoms with Gasteiger partial charge in [-0.2, -0.15) is 0 Å². The van der Waals surface area contributed by atoms with E-state index in [2.05, 4.69) is 20.9 Å². The van der Waals surface area contributed by atoms with Crippen LogP contribution >= 0.6 is 27.5 Å². The summed E-state index contributed by atoms with van der Waals surface area (Å²) in [7, 11) is 3.68. The molecule has 0 saturated heterocycles. The summed E-state index contributed by atoms with van der Waals surface area (Å²) in [6, 6.07) is 9.39. The number of hydrogen-bond donors (Lipinski definition) is 0. The number of carbonyl (C=O) groups is 1. The van der Waals surface area contributed by atoms with Crippen LogP contribution in [0.3, 0.4) is 0 Å². The number of benzene rings is 1. The Bertz CT molecular complexity index is 922. The molecule has 0 radical (unpaired) electrons. The number of amides is 1. The van der Waals surface area contributed by atoms with E-state index in [1.807, 2.05) is 48.9 Å². The van der Waals surface area contributed by atoms with Crippen molar-refractivity contribution in [3.63, 3.8) is 0 Å². The van der Waals surface area contributed by atoms with E-state index in [9.17, 15) is 4.79 Å². The van der Waals surface area contributed by atoms with Crippen LogP contribution in [0.5, 0.6) is 0 Å². The van der Waals surface area contributed by atoms with Crippen LogP contribution in [0.15, 0.2) is 47.2 Å². The zero-order valence-electron chi connectivity index (χ0n) is 13.6. The third-order valence-corrected chi connectivity index (χ3v) is 5.24. The molecule has 0 aliphatic heterocycles. The number of halogens is 2. The number of nitrogens with zero attached hydrogens (tertiary/aromatic N) is 3. The summed E-state index contributed by atoms with van der Waals surface area (Å²) in [5, 5.41) is 1.64. The van der Waals surface area contributed by atoms with Gasteiger partial charge in [0.25, 0.3) is 5.91 Å². The Labute approximate surface area is 154 Å². The van der Waals surface area contributed by atoms with Crippen molar-refractivity contribution in [2.45, 2.75) is 13.0 Å². The Morgan fingerprint density at radius 2 is 2.08 bits per heavy atom. The van der Waals surface area contributed by atoms with Gasteiger partial charge in [0.1, 0.15) is 5.69 Å². The summed E-state index contributed by atoms with van der Waals surface area (Å²) >= 11 is 9.56. The molecule has 2 aromatic heterocycles. The van der Waals surface area contributed by atoms with Crippen molar-refractivity contribution in [3.8, 4) is 0 Å². The standard InChI is InChI=1S/C18H17BrClN3O/c1-11(12-5-4-6-13(20)7-12)22(2)18(24)16-8-14-15(19)9-21-10-17(14)23(16)3/h4-11H,1-3H3/t11-/m1/s1. The maximum atomic E-state index is 13.0. The van der Waals surface area contributed by atoms with Crippen LogP contribution in [0.2, 0.25) is 5.02 Å². The molecule has 4 nitrogen and oxygen atoms in total. The fraction of sp³-hybridized carbons (Fsp3) is 0.222. The van der Waals surface area contributed by atoms with Crippen molar-refractivity contribution in [2.24, 2.45) is 7.05 Å². The number of aryl methyl sites for hydroxylation is 1. The Morgan fingerprint density at radius 3 is 2.75 bits per heavy atom. The summed E-state index contributed by atoms with van der Waals surface area (Å²) in [4.78, 5) is 18.9. The van der Waals surface area contributed by atoms with Crippen LogP contribution in [0.25, 0.3) is 10.9 Å². The SMILES string of the molecule is C[C@H](c1cccc(Cl)c1)N(C)C(=O)c1cc2c(Br)cncc2n1C. The van der Waals surface area contributed by atoms with Crippen LogP contribution in [0.4, 0.5) is 0 Å². The second-order valence-corrected chi connectivity index (χ2v) is 7.08. The van der Waals surface area contributed by atoms with Crippen molar-refractivity contribution >= 4 is 44.3 Å². The third-order valence-electron chi connectivity index (χ3n) is 4.37. The molecule has 24 heavy (non-hydrogen) atoms. The normalized spacial score (nSPS) is 12.4. The summed E-state index contributed by atoms with van der Waals surface area (Å²) < 4.78 is 2.75.